The van der Waals surface area contributed by atoms with Gasteiger partial charge in [-0.1, -0.05) is 12.1 Å². The van der Waals surface area contributed by atoms with Crippen LogP contribution in [0.25, 0.3) is 0 Å². The lowest BCUT2D eigenvalue weighted by Crippen LogP contribution is -2.38. The van der Waals surface area contributed by atoms with Crippen LogP contribution in [-0.4, -0.2) is 41.8 Å². The lowest BCUT2D eigenvalue weighted by molar-refractivity contribution is -0.121. The highest BCUT2D eigenvalue weighted by molar-refractivity contribution is 8.19. The van der Waals surface area contributed by atoms with E-state index in [1.165, 1.54) is 22.0 Å². The molecule has 7 heteroatoms. The Morgan fingerprint density at radius 2 is 1.92 bits per heavy atom. The Morgan fingerprint density at radius 1 is 1.20 bits per heavy atom. The minimum atomic E-state index is -0.220. The monoisotopic (exact) mass is 376 g/mol. The molecule has 1 saturated heterocycles. The average Bonchev–Trinajstić information content (AvgIpc) is 3.33. The van der Waals surface area contributed by atoms with Crippen LogP contribution < -0.4 is 5.32 Å². The molecule has 0 spiro atoms. The van der Waals surface area contributed by atoms with Gasteiger partial charge in [0.25, 0.3) is 5.91 Å². The van der Waals surface area contributed by atoms with Gasteiger partial charge in [-0.25, -0.2) is 0 Å². The summed E-state index contributed by atoms with van der Waals surface area (Å²) in [5, 5.41) is 2.74. The van der Waals surface area contributed by atoms with Crippen LogP contribution in [0.1, 0.15) is 26.3 Å². The Hall–Kier alpha value is -1.86. The molecule has 0 unspecified atom stereocenters. The predicted octanol–water partition coefficient (Wildman–Crippen LogP) is 3.15. The predicted molar refractivity (Wildman–Crippen MR) is 102 cm³/mol. The third-order valence-electron chi connectivity index (χ3n) is 3.82. The molecule has 3 rings (SSSR count). The fraction of sp³-hybridized carbons (Fsp3) is 0.333. The number of carbonyl (C=O) groups is 2. The van der Waals surface area contributed by atoms with Crippen molar-refractivity contribution in [3.8, 4) is 0 Å². The highest BCUT2D eigenvalue weighted by Crippen LogP contribution is 2.45. The Morgan fingerprint density at radius 3 is 2.56 bits per heavy atom. The maximum absolute atomic E-state index is 12.5. The van der Waals surface area contributed by atoms with Gasteiger partial charge in [-0.3, -0.25) is 9.59 Å². The van der Waals surface area contributed by atoms with Crippen molar-refractivity contribution < 1.29 is 14.0 Å². The maximum atomic E-state index is 12.5. The van der Waals surface area contributed by atoms with Crippen LogP contribution in [0.2, 0.25) is 0 Å². The first-order valence-corrected chi connectivity index (χ1v) is 10.1. The van der Waals surface area contributed by atoms with Crippen LogP contribution in [-0.2, 0) is 11.3 Å². The second kappa shape index (κ2) is 8.49. The molecule has 5 nitrogen and oxygen atoms in total. The minimum Gasteiger partial charge on any atom is -0.467 e. The van der Waals surface area contributed by atoms with Crippen LogP contribution >= 0.6 is 23.5 Å². The zero-order valence-electron chi connectivity index (χ0n) is 13.9. The fourth-order valence-electron chi connectivity index (χ4n) is 2.50. The molecule has 0 atom stereocenters. The van der Waals surface area contributed by atoms with E-state index in [9.17, 15) is 9.59 Å². The second-order valence-electron chi connectivity index (χ2n) is 5.71. The van der Waals surface area contributed by atoms with Crippen LogP contribution in [0.5, 0.6) is 0 Å². The smallest absolute Gasteiger partial charge is 0.254 e. The number of hydrogen-bond donors (Lipinski definition) is 1. The van der Waals surface area contributed by atoms with E-state index >= 15 is 0 Å². The van der Waals surface area contributed by atoms with Crippen molar-refractivity contribution in [1.82, 2.24) is 10.2 Å². The Labute approximate surface area is 155 Å². The third-order valence-corrected chi connectivity index (χ3v) is 6.92. The van der Waals surface area contributed by atoms with Crippen molar-refractivity contribution in [3.63, 3.8) is 0 Å². The topological polar surface area (TPSA) is 62.6 Å². The molecule has 1 aromatic heterocycles. The third kappa shape index (κ3) is 4.83. The van der Waals surface area contributed by atoms with E-state index in [-0.39, 0.29) is 18.4 Å². The van der Waals surface area contributed by atoms with E-state index in [4.69, 9.17) is 4.42 Å². The SMILES string of the molecule is CN(CC(=O)NCc1ccco1)C(=O)c1ccc(C2SCCS2)cc1. The molecule has 2 amide bonds. The van der Waals surface area contributed by atoms with Crippen molar-refractivity contribution >= 4 is 35.3 Å². The van der Waals surface area contributed by atoms with Gasteiger partial charge < -0.3 is 14.6 Å². The van der Waals surface area contributed by atoms with E-state index in [2.05, 4.69) is 5.32 Å². The zero-order chi connectivity index (χ0) is 17.6. The van der Waals surface area contributed by atoms with Crippen LogP contribution in [0.4, 0.5) is 0 Å². The molecular formula is C18H20N2O3S2. The number of nitrogens with zero attached hydrogens (tertiary/aromatic N) is 1. The summed E-state index contributed by atoms with van der Waals surface area (Å²) in [6, 6.07) is 11.3. The van der Waals surface area contributed by atoms with E-state index in [1.807, 2.05) is 47.8 Å². The van der Waals surface area contributed by atoms with Crippen molar-refractivity contribution in [2.75, 3.05) is 25.1 Å². The molecule has 0 bridgehead atoms. The van der Waals surface area contributed by atoms with Gasteiger partial charge in [0.15, 0.2) is 0 Å². The van der Waals surface area contributed by atoms with Gasteiger partial charge in [-0.15, -0.1) is 23.5 Å². The number of likely N-dealkylation sites (N-methyl/N-ethyl adjacent to an activating group) is 1. The van der Waals surface area contributed by atoms with Gasteiger partial charge in [0.2, 0.25) is 5.91 Å². The first-order chi connectivity index (χ1) is 12.1. The van der Waals surface area contributed by atoms with Crippen LogP contribution in [0.3, 0.4) is 0 Å². The van der Waals surface area contributed by atoms with Crippen molar-refractivity contribution in [2.45, 2.75) is 11.1 Å². The number of benzene rings is 1. The van der Waals surface area contributed by atoms with Gasteiger partial charge in [0, 0.05) is 24.1 Å². The zero-order valence-corrected chi connectivity index (χ0v) is 15.6. The summed E-state index contributed by atoms with van der Waals surface area (Å²) in [5.74, 6) is 2.65. The summed E-state index contributed by atoms with van der Waals surface area (Å²) in [6.45, 7) is 0.328. The Kier molecular flexibility index (Phi) is 6.09. The van der Waals surface area contributed by atoms with Gasteiger partial charge in [-0.05, 0) is 29.8 Å². The quantitative estimate of drug-likeness (QED) is 0.839. The lowest BCUT2D eigenvalue weighted by Gasteiger charge is -2.17. The lowest BCUT2D eigenvalue weighted by atomic mass is 10.1. The van der Waals surface area contributed by atoms with Crippen molar-refractivity contribution in [3.05, 3.63) is 59.5 Å². The summed E-state index contributed by atoms with van der Waals surface area (Å²) in [7, 11) is 1.63. The van der Waals surface area contributed by atoms with E-state index in [0.717, 1.165) is 0 Å². The van der Waals surface area contributed by atoms with Gasteiger partial charge >= 0.3 is 0 Å². The largest absolute Gasteiger partial charge is 0.467 e. The number of thioether (sulfide) groups is 2. The molecule has 1 fully saturated rings. The summed E-state index contributed by atoms with van der Waals surface area (Å²) < 4.78 is 5.63. The normalized spacial score (nSPS) is 14.4. The van der Waals surface area contributed by atoms with Gasteiger partial charge in [-0.2, -0.15) is 0 Å². The number of carbonyl (C=O) groups excluding carboxylic acids is 2. The van der Waals surface area contributed by atoms with Crippen LogP contribution in [0, 0.1) is 0 Å². The molecule has 2 aromatic rings. The molecule has 0 aliphatic carbocycles. The molecule has 1 aliphatic heterocycles. The molecule has 1 N–H and O–H groups in total. The molecule has 0 radical (unpaired) electrons. The summed E-state index contributed by atoms with van der Waals surface area (Å²) >= 11 is 3.87. The maximum Gasteiger partial charge on any atom is 0.254 e. The van der Waals surface area contributed by atoms with Crippen molar-refractivity contribution in [1.29, 1.82) is 0 Å². The standard InChI is InChI=1S/C18H20N2O3S2/c1-20(12-16(21)19-11-15-3-2-8-23-15)17(22)13-4-6-14(7-5-13)18-24-9-10-25-18/h2-8,18H,9-12H2,1H3,(H,19,21). The molecular weight excluding hydrogens is 356 g/mol. The van der Waals surface area contributed by atoms with E-state index in [1.54, 1.807) is 25.4 Å². The average molecular weight is 377 g/mol. The highest BCUT2D eigenvalue weighted by Gasteiger charge is 2.19. The molecule has 1 aromatic carbocycles. The second-order valence-corrected chi connectivity index (χ2v) is 8.44. The summed E-state index contributed by atoms with van der Waals surface area (Å²) in [4.78, 5) is 25.8. The Balaban J connectivity index is 1.51. The first kappa shape index (κ1) is 17.9. The first-order valence-electron chi connectivity index (χ1n) is 8.01. The molecule has 2 heterocycles. The summed E-state index contributed by atoms with van der Waals surface area (Å²) in [6.07, 6.45) is 1.56. The van der Waals surface area contributed by atoms with E-state index < -0.39 is 0 Å². The fourth-order valence-corrected chi connectivity index (χ4v) is 5.36. The Bertz CT molecular complexity index is 710. The number of rotatable bonds is 6. The van der Waals surface area contributed by atoms with E-state index in [0.29, 0.717) is 22.5 Å². The van der Waals surface area contributed by atoms with Crippen molar-refractivity contribution in [2.24, 2.45) is 0 Å². The van der Waals surface area contributed by atoms with Gasteiger partial charge in [0.05, 0.1) is 23.9 Å². The molecule has 0 saturated carbocycles. The molecule has 25 heavy (non-hydrogen) atoms. The minimum absolute atomic E-state index is 0.00955. The van der Waals surface area contributed by atoms with Crippen LogP contribution in [0.15, 0.2) is 47.1 Å². The number of furan rings is 1. The number of nitrogens with one attached hydrogen (secondary N) is 1. The molecule has 132 valence electrons. The van der Waals surface area contributed by atoms with Gasteiger partial charge in [0.1, 0.15) is 5.76 Å². The highest BCUT2D eigenvalue weighted by atomic mass is 32.2. The number of hydrogen-bond acceptors (Lipinski definition) is 5. The summed E-state index contributed by atoms with van der Waals surface area (Å²) in [5.41, 5.74) is 1.83. The number of amides is 2. The molecule has 1 aliphatic rings.